The van der Waals surface area contributed by atoms with Crippen LogP contribution in [0.5, 0.6) is 0 Å². The number of carboxylic acids is 1. The molecule has 1 atom stereocenters. The molecule has 0 fully saturated rings. The van der Waals surface area contributed by atoms with E-state index in [4.69, 9.17) is 5.11 Å². The number of carbonyl (C=O) groups is 1. The van der Waals surface area contributed by atoms with Crippen LogP contribution in [0.3, 0.4) is 0 Å². The highest BCUT2D eigenvalue weighted by Gasteiger charge is 2.27. The summed E-state index contributed by atoms with van der Waals surface area (Å²) in [5.74, 6) is -2.46. The summed E-state index contributed by atoms with van der Waals surface area (Å²) < 4.78 is 13.1. The maximum atomic E-state index is 13.1. The lowest BCUT2D eigenvalue weighted by Gasteiger charge is -2.08. The predicted molar refractivity (Wildman–Crippen MR) is 50.4 cm³/mol. The van der Waals surface area contributed by atoms with Gasteiger partial charge in [0.15, 0.2) is 6.10 Å². The average molecular weight is 229 g/mol. The molecule has 0 saturated heterocycles. The molecule has 2 N–H and O–H groups in total. The molecule has 0 spiro atoms. The van der Waals surface area contributed by atoms with Crippen LogP contribution in [0.25, 0.3) is 0 Å². The molecule has 0 amide bonds. The van der Waals surface area contributed by atoms with Crippen molar-refractivity contribution in [3.63, 3.8) is 0 Å². The molecule has 1 aromatic carbocycles. The van der Waals surface area contributed by atoms with Gasteiger partial charge >= 0.3 is 5.97 Å². The van der Waals surface area contributed by atoms with E-state index in [9.17, 15) is 24.4 Å². The largest absolute Gasteiger partial charge is 0.479 e. The Morgan fingerprint density at radius 3 is 2.56 bits per heavy atom. The van der Waals surface area contributed by atoms with Gasteiger partial charge in [-0.1, -0.05) is 0 Å². The number of rotatable bonds is 3. The van der Waals surface area contributed by atoms with Crippen molar-refractivity contribution >= 4 is 11.7 Å². The third kappa shape index (κ3) is 2.14. The van der Waals surface area contributed by atoms with Gasteiger partial charge in [-0.15, -0.1) is 0 Å². The van der Waals surface area contributed by atoms with E-state index in [1.807, 2.05) is 0 Å². The van der Waals surface area contributed by atoms with Crippen LogP contribution in [0.15, 0.2) is 12.1 Å². The van der Waals surface area contributed by atoms with Gasteiger partial charge in [0.05, 0.1) is 16.6 Å². The lowest BCUT2D eigenvalue weighted by atomic mass is 10.0. The normalized spacial score (nSPS) is 12.2. The van der Waals surface area contributed by atoms with Crippen LogP contribution in [0.4, 0.5) is 10.1 Å². The fraction of sp³-hybridized carbons (Fsp3) is 0.222. The van der Waals surface area contributed by atoms with Crippen molar-refractivity contribution < 1.29 is 24.3 Å². The van der Waals surface area contributed by atoms with Gasteiger partial charge in [0.25, 0.3) is 5.69 Å². The molecule has 0 aliphatic heterocycles. The number of nitrogens with zero attached hydrogens (tertiary/aromatic N) is 1. The second-order valence-corrected chi connectivity index (χ2v) is 3.16. The monoisotopic (exact) mass is 229 g/mol. The number of hydrogen-bond donors (Lipinski definition) is 2. The molecule has 0 bridgehead atoms. The molecule has 16 heavy (non-hydrogen) atoms. The first-order valence-corrected chi connectivity index (χ1v) is 4.20. The van der Waals surface area contributed by atoms with Gasteiger partial charge in [-0.3, -0.25) is 10.1 Å². The van der Waals surface area contributed by atoms with Crippen LogP contribution in [-0.4, -0.2) is 21.1 Å². The Morgan fingerprint density at radius 2 is 2.12 bits per heavy atom. The Labute approximate surface area is 89.1 Å². The van der Waals surface area contributed by atoms with E-state index < -0.39 is 34.1 Å². The summed E-state index contributed by atoms with van der Waals surface area (Å²) in [4.78, 5) is 20.1. The molecule has 1 aromatic rings. The van der Waals surface area contributed by atoms with Crippen molar-refractivity contribution in [3.05, 3.63) is 39.2 Å². The molecular formula is C9H8FNO5. The Morgan fingerprint density at radius 1 is 1.56 bits per heavy atom. The van der Waals surface area contributed by atoms with Gasteiger partial charge < -0.3 is 10.2 Å². The zero-order valence-corrected chi connectivity index (χ0v) is 8.18. The summed E-state index contributed by atoms with van der Waals surface area (Å²) in [6, 6.07) is 1.54. The molecule has 0 aromatic heterocycles. The first-order valence-electron chi connectivity index (χ1n) is 4.20. The zero-order chi connectivity index (χ0) is 12.5. The third-order valence-electron chi connectivity index (χ3n) is 2.03. The number of nitro benzene ring substituents is 1. The van der Waals surface area contributed by atoms with Crippen molar-refractivity contribution in [1.82, 2.24) is 0 Å². The van der Waals surface area contributed by atoms with Crippen LogP contribution in [-0.2, 0) is 4.79 Å². The highest BCUT2D eigenvalue weighted by atomic mass is 19.1. The summed E-state index contributed by atoms with van der Waals surface area (Å²) in [6.45, 7) is 1.32. The fourth-order valence-corrected chi connectivity index (χ4v) is 1.20. The zero-order valence-electron chi connectivity index (χ0n) is 8.18. The minimum Gasteiger partial charge on any atom is -0.479 e. The van der Waals surface area contributed by atoms with Gasteiger partial charge in [-0.25, -0.2) is 9.18 Å². The van der Waals surface area contributed by atoms with Crippen molar-refractivity contribution in [3.8, 4) is 0 Å². The van der Waals surface area contributed by atoms with E-state index in [1.54, 1.807) is 0 Å². The van der Waals surface area contributed by atoms with Crippen LogP contribution in [0, 0.1) is 22.9 Å². The van der Waals surface area contributed by atoms with Crippen LogP contribution >= 0.6 is 0 Å². The Balaban J connectivity index is 3.41. The molecule has 0 saturated carbocycles. The Bertz CT molecular complexity index is 459. The quantitative estimate of drug-likeness (QED) is 0.598. The standard InChI is InChI=1S/C9H8FNO5/c1-4-2-5(8(12)9(13)14)7(11(15)16)3-6(4)10/h2-3,8,12H,1H3,(H,13,14). The number of hydrogen-bond acceptors (Lipinski definition) is 4. The van der Waals surface area contributed by atoms with Crippen molar-refractivity contribution in [2.24, 2.45) is 0 Å². The SMILES string of the molecule is Cc1cc(C(O)C(=O)O)c([N+](=O)[O-])cc1F. The third-order valence-corrected chi connectivity index (χ3v) is 2.03. The highest BCUT2D eigenvalue weighted by molar-refractivity contribution is 5.76. The number of aliphatic hydroxyl groups excluding tert-OH is 1. The molecule has 86 valence electrons. The second kappa shape index (κ2) is 4.23. The van der Waals surface area contributed by atoms with Gasteiger partial charge in [0.2, 0.25) is 0 Å². The van der Waals surface area contributed by atoms with Crippen LogP contribution < -0.4 is 0 Å². The summed E-state index contributed by atoms with van der Waals surface area (Å²) in [5, 5.41) is 28.3. The number of nitro groups is 1. The van der Waals surface area contributed by atoms with E-state index in [0.717, 1.165) is 6.07 Å². The number of halogens is 1. The number of aryl methyl sites for hydroxylation is 1. The summed E-state index contributed by atoms with van der Waals surface area (Å²) in [6.07, 6.45) is -2.04. The second-order valence-electron chi connectivity index (χ2n) is 3.16. The number of carboxylic acid groups (broad SMARTS) is 1. The maximum Gasteiger partial charge on any atom is 0.337 e. The highest BCUT2D eigenvalue weighted by Crippen LogP contribution is 2.28. The molecule has 0 aliphatic rings. The first kappa shape index (κ1) is 12.1. The van der Waals surface area contributed by atoms with E-state index in [0.29, 0.717) is 6.07 Å². The minimum atomic E-state index is -2.04. The van der Waals surface area contributed by atoms with Gasteiger partial charge in [-0.2, -0.15) is 0 Å². The van der Waals surface area contributed by atoms with Crippen LogP contribution in [0.1, 0.15) is 17.2 Å². The van der Waals surface area contributed by atoms with Crippen molar-refractivity contribution in [1.29, 1.82) is 0 Å². The molecule has 1 rings (SSSR count). The Kier molecular flexibility index (Phi) is 3.19. The van der Waals surface area contributed by atoms with E-state index >= 15 is 0 Å². The molecule has 1 unspecified atom stereocenters. The minimum absolute atomic E-state index is 0.0286. The van der Waals surface area contributed by atoms with Crippen molar-refractivity contribution in [2.45, 2.75) is 13.0 Å². The summed E-state index contributed by atoms with van der Waals surface area (Å²) >= 11 is 0. The molecule has 6 nitrogen and oxygen atoms in total. The molecule has 0 aliphatic carbocycles. The molecular weight excluding hydrogens is 221 g/mol. The molecule has 0 heterocycles. The van der Waals surface area contributed by atoms with Gasteiger partial charge in [0.1, 0.15) is 5.82 Å². The average Bonchev–Trinajstić information content (AvgIpc) is 2.19. The van der Waals surface area contributed by atoms with E-state index in [-0.39, 0.29) is 5.56 Å². The van der Waals surface area contributed by atoms with Gasteiger partial charge in [0, 0.05) is 0 Å². The summed E-state index contributed by atoms with van der Waals surface area (Å²) in [5.41, 5.74) is -1.16. The predicted octanol–water partition coefficient (Wildman–Crippen LogP) is 1.16. The van der Waals surface area contributed by atoms with E-state index in [2.05, 4.69) is 0 Å². The fourth-order valence-electron chi connectivity index (χ4n) is 1.20. The lowest BCUT2D eigenvalue weighted by molar-refractivity contribution is -0.386. The molecule has 7 heteroatoms. The number of aliphatic hydroxyl groups is 1. The topological polar surface area (TPSA) is 101 Å². The smallest absolute Gasteiger partial charge is 0.337 e. The molecule has 0 radical (unpaired) electrons. The maximum absolute atomic E-state index is 13.1. The lowest BCUT2D eigenvalue weighted by Crippen LogP contribution is -2.13. The van der Waals surface area contributed by atoms with Gasteiger partial charge in [-0.05, 0) is 18.6 Å². The Hall–Kier alpha value is -2.02. The summed E-state index contributed by atoms with van der Waals surface area (Å²) in [7, 11) is 0. The first-order chi connectivity index (χ1) is 7.34. The van der Waals surface area contributed by atoms with Crippen molar-refractivity contribution in [2.75, 3.05) is 0 Å². The van der Waals surface area contributed by atoms with Crippen LogP contribution in [0.2, 0.25) is 0 Å². The number of benzene rings is 1. The number of aliphatic carboxylic acids is 1. The van der Waals surface area contributed by atoms with E-state index in [1.165, 1.54) is 6.92 Å².